The topological polar surface area (TPSA) is 100.0 Å². The molecule has 6 rings (SSSR count). The number of allylic oxidation sites excluding steroid dienone is 1. The van der Waals surface area contributed by atoms with Crippen molar-refractivity contribution in [1.29, 1.82) is 0 Å². The Bertz CT molecular complexity index is 1490. The second kappa shape index (κ2) is 11.4. The maximum absolute atomic E-state index is 13.6. The van der Waals surface area contributed by atoms with Crippen molar-refractivity contribution in [3.8, 4) is 5.75 Å². The third-order valence-corrected chi connectivity index (χ3v) is 9.53. The third kappa shape index (κ3) is 5.07. The Hall–Kier alpha value is -3.11. The van der Waals surface area contributed by atoms with Gasteiger partial charge >= 0.3 is 0 Å². The highest BCUT2D eigenvalue weighted by atomic mass is 79.9. The van der Waals surface area contributed by atoms with Crippen LogP contribution in [0, 0.1) is 17.8 Å². The summed E-state index contributed by atoms with van der Waals surface area (Å²) in [7, 11) is 0. The van der Waals surface area contributed by atoms with Gasteiger partial charge in [0.1, 0.15) is 5.75 Å². The van der Waals surface area contributed by atoms with Crippen molar-refractivity contribution in [3.63, 3.8) is 0 Å². The van der Waals surface area contributed by atoms with Gasteiger partial charge in [0.25, 0.3) is 0 Å². The molecule has 4 atom stereocenters. The zero-order valence-corrected chi connectivity index (χ0v) is 24.1. The van der Waals surface area contributed by atoms with Gasteiger partial charge in [-0.1, -0.05) is 28.1 Å². The van der Waals surface area contributed by atoms with Crippen LogP contribution in [-0.4, -0.2) is 51.2 Å². The van der Waals surface area contributed by atoms with Crippen LogP contribution < -0.4 is 0 Å². The van der Waals surface area contributed by atoms with Gasteiger partial charge in [0.15, 0.2) is 0 Å². The highest BCUT2D eigenvalue weighted by molar-refractivity contribution is 9.10. The lowest BCUT2D eigenvalue weighted by atomic mass is 9.69. The van der Waals surface area contributed by atoms with Crippen molar-refractivity contribution in [3.05, 3.63) is 91.9 Å². The molecule has 0 unspecified atom stereocenters. The standard InChI is InChI=1S/C31H29BrN2O5S/c32-21-7-8-26(36)19(13-21)12-18(25-5-1-2-10-33-25)6-9-27-28-20(16-35)14-23-29(24(28)17-39-27)31(38)34(30(23)37)15-22-4-3-11-40-22/h1-5,7-8,10-13,23-24,27,29,35-36H,6,9,14-17H2/b18-12-/t23-,24+,27-,29-/m1/s1. The average Bonchev–Trinajstić information content (AvgIpc) is 3.69. The number of imide groups is 1. The predicted octanol–water partition coefficient (Wildman–Crippen LogP) is 5.44. The number of aliphatic hydroxyl groups excluding tert-OH is 1. The number of fused-ring (bicyclic) bond motifs is 3. The first kappa shape index (κ1) is 27.1. The molecule has 1 aliphatic carbocycles. The van der Waals surface area contributed by atoms with Crippen molar-refractivity contribution in [2.24, 2.45) is 17.8 Å². The maximum Gasteiger partial charge on any atom is 0.234 e. The lowest BCUT2D eigenvalue weighted by Crippen LogP contribution is -2.34. The molecule has 0 bridgehead atoms. The van der Waals surface area contributed by atoms with E-state index in [2.05, 4.69) is 20.9 Å². The number of aliphatic hydroxyl groups is 1. The summed E-state index contributed by atoms with van der Waals surface area (Å²) in [6.07, 6.45) is 5.01. The number of likely N-dealkylation sites (tertiary alicyclic amines) is 1. The van der Waals surface area contributed by atoms with Gasteiger partial charge in [0.2, 0.25) is 11.8 Å². The van der Waals surface area contributed by atoms with Gasteiger partial charge in [0, 0.05) is 27.0 Å². The zero-order chi connectivity index (χ0) is 27.8. The second-order valence-corrected chi connectivity index (χ2v) is 12.4. The molecule has 2 saturated heterocycles. The highest BCUT2D eigenvalue weighted by Gasteiger charge is 2.56. The molecule has 2 aliphatic heterocycles. The van der Waals surface area contributed by atoms with Gasteiger partial charge in [-0.3, -0.25) is 19.5 Å². The first-order valence-electron chi connectivity index (χ1n) is 13.4. The number of rotatable bonds is 8. The van der Waals surface area contributed by atoms with Crippen LogP contribution in [0.25, 0.3) is 11.6 Å². The number of hydrogen-bond acceptors (Lipinski definition) is 7. The number of amides is 2. The molecule has 0 spiro atoms. The van der Waals surface area contributed by atoms with E-state index in [-0.39, 0.29) is 36.2 Å². The normalized spacial score (nSPS) is 24.6. The number of aromatic hydroxyl groups is 1. The summed E-state index contributed by atoms with van der Waals surface area (Å²) in [5.74, 6) is -1.22. The summed E-state index contributed by atoms with van der Waals surface area (Å²) in [5.41, 5.74) is 4.22. The molecule has 9 heteroatoms. The van der Waals surface area contributed by atoms with Gasteiger partial charge in [-0.25, -0.2) is 0 Å². The minimum Gasteiger partial charge on any atom is -0.507 e. The molecule has 2 fully saturated rings. The average molecular weight is 622 g/mol. The molecule has 7 nitrogen and oxygen atoms in total. The quantitative estimate of drug-likeness (QED) is 0.257. The molecule has 4 heterocycles. The van der Waals surface area contributed by atoms with E-state index in [0.717, 1.165) is 31.8 Å². The SMILES string of the molecule is O=C1[C@@H]2[C@@H](CC(CO)=C3[C@@H](CC/C(=C/c4cc(Br)ccc4O)c4ccccn4)OC[C@@H]32)C(=O)N1Cc1cccs1. The van der Waals surface area contributed by atoms with Crippen LogP contribution in [0.2, 0.25) is 0 Å². The van der Waals surface area contributed by atoms with Gasteiger partial charge < -0.3 is 14.9 Å². The summed E-state index contributed by atoms with van der Waals surface area (Å²) >= 11 is 5.01. The highest BCUT2D eigenvalue weighted by Crippen LogP contribution is 2.50. The number of carbonyl (C=O) groups is 2. The number of pyridine rings is 1. The van der Waals surface area contributed by atoms with Crippen molar-refractivity contribution in [2.75, 3.05) is 13.2 Å². The molecule has 3 aliphatic rings. The molecule has 2 amide bonds. The van der Waals surface area contributed by atoms with Crippen LogP contribution in [0.1, 0.15) is 35.4 Å². The fraction of sp³-hybridized carbons (Fsp3) is 0.323. The molecule has 40 heavy (non-hydrogen) atoms. The number of phenolic OH excluding ortho intramolecular Hbond substituents is 1. The largest absolute Gasteiger partial charge is 0.507 e. The summed E-state index contributed by atoms with van der Waals surface area (Å²) in [6, 6.07) is 14.9. The number of aromatic nitrogens is 1. The second-order valence-electron chi connectivity index (χ2n) is 10.5. The van der Waals surface area contributed by atoms with Crippen molar-refractivity contribution >= 4 is 50.7 Å². The fourth-order valence-electron chi connectivity index (χ4n) is 6.34. The summed E-state index contributed by atoms with van der Waals surface area (Å²) < 4.78 is 7.15. The lowest BCUT2D eigenvalue weighted by molar-refractivity contribution is -0.140. The minimum atomic E-state index is -0.452. The number of nitrogens with zero attached hydrogens (tertiary/aromatic N) is 2. The fourth-order valence-corrected chi connectivity index (χ4v) is 7.41. The number of benzene rings is 1. The van der Waals surface area contributed by atoms with Crippen molar-refractivity contribution < 1.29 is 24.5 Å². The van der Waals surface area contributed by atoms with Crippen LogP contribution in [-0.2, 0) is 20.9 Å². The summed E-state index contributed by atoms with van der Waals surface area (Å²) in [6.45, 7) is 0.492. The van der Waals surface area contributed by atoms with E-state index in [9.17, 15) is 19.8 Å². The smallest absolute Gasteiger partial charge is 0.234 e. The lowest BCUT2D eigenvalue weighted by Gasteiger charge is -2.31. The van der Waals surface area contributed by atoms with Crippen molar-refractivity contribution in [2.45, 2.75) is 31.9 Å². The number of ether oxygens (including phenoxy) is 1. The van der Waals surface area contributed by atoms with Gasteiger partial charge in [-0.2, -0.15) is 0 Å². The molecule has 3 aromatic rings. The Morgan fingerprint density at radius 2 is 2.02 bits per heavy atom. The van der Waals surface area contributed by atoms with Crippen LogP contribution in [0.4, 0.5) is 0 Å². The first-order valence-corrected chi connectivity index (χ1v) is 15.0. The Kier molecular flexibility index (Phi) is 7.72. The third-order valence-electron chi connectivity index (χ3n) is 8.17. The molecule has 2 N–H and O–H groups in total. The molecule has 0 saturated carbocycles. The van der Waals surface area contributed by atoms with Crippen molar-refractivity contribution in [1.82, 2.24) is 9.88 Å². The number of thiophene rings is 1. The number of halogens is 1. The molecule has 2 aromatic heterocycles. The van der Waals surface area contributed by atoms with E-state index in [1.165, 1.54) is 16.2 Å². The maximum atomic E-state index is 13.6. The minimum absolute atomic E-state index is 0.133. The predicted molar refractivity (Wildman–Crippen MR) is 156 cm³/mol. The Morgan fingerprint density at radius 1 is 1.15 bits per heavy atom. The Labute approximate surface area is 245 Å². The van der Waals surface area contributed by atoms with E-state index in [1.807, 2.05) is 47.9 Å². The molecule has 206 valence electrons. The van der Waals surface area contributed by atoms with E-state index < -0.39 is 11.8 Å². The van der Waals surface area contributed by atoms with E-state index in [0.29, 0.717) is 38.0 Å². The van der Waals surface area contributed by atoms with E-state index in [1.54, 1.807) is 18.3 Å². The summed E-state index contributed by atoms with van der Waals surface area (Å²) in [4.78, 5) is 33.8. The van der Waals surface area contributed by atoms with Gasteiger partial charge in [0.05, 0.1) is 43.4 Å². The summed E-state index contributed by atoms with van der Waals surface area (Å²) in [5, 5.41) is 22.7. The van der Waals surface area contributed by atoms with Gasteiger partial charge in [-0.15, -0.1) is 11.3 Å². The van der Waals surface area contributed by atoms with Gasteiger partial charge in [-0.05, 0) is 83.8 Å². The van der Waals surface area contributed by atoms with Crippen LogP contribution >= 0.6 is 27.3 Å². The Balaban J connectivity index is 1.26. The van der Waals surface area contributed by atoms with Crippen LogP contribution in [0.3, 0.4) is 0 Å². The van der Waals surface area contributed by atoms with Crippen LogP contribution in [0.15, 0.2) is 75.7 Å². The number of carbonyl (C=O) groups excluding carboxylic acids is 2. The Morgan fingerprint density at radius 3 is 2.77 bits per heavy atom. The zero-order valence-electron chi connectivity index (χ0n) is 21.7. The monoisotopic (exact) mass is 620 g/mol. The molecular weight excluding hydrogens is 592 g/mol. The first-order chi connectivity index (χ1) is 19.4. The molecule has 1 aromatic carbocycles. The molecule has 0 radical (unpaired) electrons. The number of hydrogen-bond donors (Lipinski definition) is 2. The molecular formula is C31H29BrN2O5S. The van der Waals surface area contributed by atoms with E-state index in [4.69, 9.17) is 4.74 Å². The number of phenols is 1. The van der Waals surface area contributed by atoms with Crippen LogP contribution in [0.5, 0.6) is 5.75 Å². The van der Waals surface area contributed by atoms with E-state index >= 15 is 0 Å².